The van der Waals surface area contributed by atoms with Crippen molar-refractivity contribution < 1.29 is 22.4 Å². The van der Waals surface area contributed by atoms with Crippen molar-refractivity contribution in [2.75, 3.05) is 5.32 Å². The first kappa shape index (κ1) is 18.9. The van der Waals surface area contributed by atoms with E-state index in [-0.39, 0.29) is 22.9 Å². The largest absolute Gasteiger partial charge is 0.416 e. The van der Waals surface area contributed by atoms with E-state index in [1.165, 1.54) is 35.0 Å². The first-order valence-electron chi connectivity index (χ1n) is 7.68. The van der Waals surface area contributed by atoms with Crippen LogP contribution in [0.3, 0.4) is 0 Å². The van der Waals surface area contributed by atoms with Gasteiger partial charge < -0.3 is 5.32 Å². The Kier molecular flexibility index (Phi) is 5.18. The number of carbonyl (C=O) groups excluding carboxylic acids is 1. The molecule has 0 saturated carbocycles. The van der Waals surface area contributed by atoms with Crippen molar-refractivity contribution in [3.8, 4) is 0 Å². The Labute approximate surface area is 156 Å². The van der Waals surface area contributed by atoms with Gasteiger partial charge in [0.2, 0.25) is 0 Å². The normalized spacial score (nSPS) is 11.4. The summed E-state index contributed by atoms with van der Waals surface area (Å²) in [7, 11) is 0. The summed E-state index contributed by atoms with van der Waals surface area (Å²) in [5, 5.41) is 6.79. The Morgan fingerprint density at radius 2 is 1.93 bits per heavy atom. The lowest BCUT2D eigenvalue weighted by atomic mass is 10.1. The summed E-state index contributed by atoms with van der Waals surface area (Å²) in [4.78, 5) is 12.2. The van der Waals surface area contributed by atoms with E-state index in [2.05, 4.69) is 10.4 Å². The molecule has 0 fully saturated rings. The van der Waals surface area contributed by atoms with Crippen LogP contribution in [0.25, 0.3) is 0 Å². The molecule has 1 aromatic heterocycles. The number of nitrogens with zero attached hydrogens (tertiary/aromatic N) is 2. The van der Waals surface area contributed by atoms with Crippen LogP contribution >= 0.6 is 11.6 Å². The number of aromatic nitrogens is 2. The van der Waals surface area contributed by atoms with Gasteiger partial charge in [0.15, 0.2) is 5.82 Å². The van der Waals surface area contributed by atoms with Crippen LogP contribution in [0.15, 0.2) is 54.7 Å². The third kappa shape index (κ3) is 4.65. The molecule has 0 aliphatic heterocycles. The van der Waals surface area contributed by atoms with E-state index < -0.39 is 23.5 Å². The summed E-state index contributed by atoms with van der Waals surface area (Å²) >= 11 is 5.96. The molecule has 4 nitrogen and oxygen atoms in total. The van der Waals surface area contributed by atoms with Gasteiger partial charge in [0, 0.05) is 22.8 Å². The molecule has 140 valence electrons. The van der Waals surface area contributed by atoms with Crippen LogP contribution in [0.2, 0.25) is 5.02 Å². The number of alkyl halides is 3. The minimum absolute atomic E-state index is 0.138. The molecule has 0 aliphatic rings. The topological polar surface area (TPSA) is 46.9 Å². The molecule has 0 aliphatic carbocycles. The highest BCUT2D eigenvalue weighted by molar-refractivity contribution is 6.31. The molecular weight excluding hydrogens is 386 g/mol. The van der Waals surface area contributed by atoms with Crippen LogP contribution in [-0.2, 0) is 12.7 Å². The molecule has 0 saturated heterocycles. The van der Waals surface area contributed by atoms with Gasteiger partial charge in [-0.05, 0) is 35.9 Å². The Hall–Kier alpha value is -2.87. The van der Waals surface area contributed by atoms with Gasteiger partial charge in [-0.3, -0.25) is 9.48 Å². The van der Waals surface area contributed by atoms with Crippen molar-refractivity contribution in [2.24, 2.45) is 0 Å². The average Bonchev–Trinajstić information content (AvgIpc) is 3.04. The predicted octanol–water partition coefficient (Wildman–Crippen LogP) is 5.00. The monoisotopic (exact) mass is 397 g/mol. The van der Waals surface area contributed by atoms with E-state index in [0.29, 0.717) is 5.56 Å². The number of halogens is 5. The summed E-state index contributed by atoms with van der Waals surface area (Å²) in [5.41, 5.74) is -0.426. The molecule has 1 heterocycles. The molecule has 1 amide bonds. The Balaban J connectivity index is 1.71. The maximum Gasteiger partial charge on any atom is 0.416 e. The number of rotatable bonds is 4. The number of nitrogens with one attached hydrogen (secondary N) is 1. The SMILES string of the molecule is O=C(Nc1ccn(Cc2ccc(F)cc2Cl)n1)c1cccc(C(F)(F)F)c1. The molecule has 0 spiro atoms. The molecule has 0 bridgehead atoms. The Morgan fingerprint density at radius 3 is 2.63 bits per heavy atom. The quantitative estimate of drug-likeness (QED) is 0.630. The minimum Gasteiger partial charge on any atom is -0.305 e. The molecule has 2 aromatic carbocycles. The highest BCUT2D eigenvalue weighted by atomic mass is 35.5. The van der Waals surface area contributed by atoms with Crippen LogP contribution < -0.4 is 5.32 Å². The zero-order valence-corrected chi connectivity index (χ0v) is 14.4. The number of hydrogen-bond donors (Lipinski definition) is 1. The third-order valence-corrected chi connectivity index (χ3v) is 4.03. The van der Waals surface area contributed by atoms with E-state index in [9.17, 15) is 22.4 Å². The van der Waals surface area contributed by atoms with Crippen LogP contribution in [0.5, 0.6) is 0 Å². The van der Waals surface area contributed by atoms with E-state index in [0.717, 1.165) is 18.2 Å². The second kappa shape index (κ2) is 7.40. The second-order valence-corrected chi connectivity index (χ2v) is 6.07. The fourth-order valence-corrected chi connectivity index (χ4v) is 2.59. The van der Waals surface area contributed by atoms with E-state index in [1.807, 2.05) is 0 Å². The molecule has 1 N–H and O–H groups in total. The first-order valence-corrected chi connectivity index (χ1v) is 8.06. The number of anilines is 1. The van der Waals surface area contributed by atoms with Gasteiger partial charge in [-0.1, -0.05) is 23.7 Å². The molecule has 0 atom stereocenters. The van der Waals surface area contributed by atoms with Gasteiger partial charge in [-0.2, -0.15) is 18.3 Å². The van der Waals surface area contributed by atoms with Gasteiger partial charge in [-0.25, -0.2) is 4.39 Å². The fraction of sp³-hybridized carbons (Fsp3) is 0.111. The van der Waals surface area contributed by atoms with Gasteiger partial charge in [0.1, 0.15) is 5.82 Å². The summed E-state index contributed by atoms with van der Waals surface area (Å²) in [6.07, 6.45) is -2.98. The fourth-order valence-electron chi connectivity index (χ4n) is 2.37. The molecular formula is C18H12ClF4N3O. The van der Waals surface area contributed by atoms with Crippen LogP contribution in [0.1, 0.15) is 21.5 Å². The lowest BCUT2D eigenvalue weighted by molar-refractivity contribution is -0.137. The molecule has 27 heavy (non-hydrogen) atoms. The summed E-state index contributed by atoms with van der Waals surface area (Å²) in [5.74, 6) is -1.01. The summed E-state index contributed by atoms with van der Waals surface area (Å²) < 4.78 is 52.8. The number of carbonyl (C=O) groups is 1. The zero-order valence-electron chi connectivity index (χ0n) is 13.6. The van der Waals surface area contributed by atoms with E-state index in [1.54, 1.807) is 6.20 Å². The van der Waals surface area contributed by atoms with Crippen molar-refractivity contribution in [1.29, 1.82) is 0 Å². The summed E-state index contributed by atoms with van der Waals surface area (Å²) in [6.45, 7) is 0.235. The molecule has 0 unspecified atom stereocenters. The van der Waals surface area contributed by atoms with Crippen molar-refractivity contribution in [3.05, 3.63) is 82.3 Å². The maximum atomic E-state index is 13.1. The zero-order chi connectivity index (χ0) is 19.6. The van der Waals surface area contributed by atoms with Gasteiger partial charge in [0.05, 0.1) is 12.1 Å². The number of benzene rings is 2. The van der Waals surface area contributed by atoms with Crippen molar-refractivity contribution >= 4 is 23.3 Å². The number of hydrogen-bond acceptors (Lipinski definition) is 2. The van der Waals surface area contributed by atoms with Gasteiger partial charge in [-0.15, -0.1) is 0 Å². The predicted molar refractivity (Wildman–Crippen MR) is 92.1 cm³/mol. The van der Waals surface area contributed by atoms with Crippen molar-refractivity contribution in [1.82, 2.24) is 9.78 Å². The molecule has 3 rings (SSSR count). The Morgan fingerprint density at radius 1 is 1.15 bits per heavy atom. The Bertz CT molecular complexity index is 985. The van der Waals surface area contributed by atoms with E-state index >= 15 is 0 Å². The molecule has 9 heteroatoms. The highest BCUT2D eigenvalue weighted by Gasteiger charge is 2.30. The summed E-state index contributed by atoms with van der Waals surface area (Å²) in [6, 6.07) is 9.54. The lowest BCUT2D eigenvalue weighted by Gasteiger charge is -2.08. The smallest absolute Gasteiger partial charge is 0.305 e. The van der Waals surface area contributed by atoms with Gasteiger partial charge in [0.25, 0.3) is 5.91 Å². The molecule has 3 aromatic rings. The number of amides is 1. The third-order valence-electron chi connectivity index (χ3n) is 3.68. The highest BCUT2D eigenvalue weighted by Crippen LogP contribution is 2.29. The standard InChI is InChI=1S/C18H12ClF4N3O/c19-15-9-14(20)5-4-12(15)10-26-7-6-16(25-26)24-17(27)11-2-1-3-13(8-11)18(21,22)23/h1-9H,10H2,(H,24,25,27). The lowest BCUT2D eigenvalue weighted by Crippen LogP contribution is -2.14. The van der Waals surface area contributed by atoms with Crippen molar-refractivity contribution in [2.45, 2.75) is 12.7 Å². The van der Waals surface area contributed by atoms with E-state index in [4.69, 9.17) is 11.6 Å². The van der Waals surface area contributed by atoms with Crippen molar-refractivity contribution in [3.63, 3.8) is 0 Å². The van der Waals surface area contributed by atoms with Crippen LogP contribution in [0, 0.1) is 5.82 Å². The van der Waals surface area contributed by atoms with Crippen LogP contribution in [0.4, 0.5) is 23.4 Å². The maximum absolute atomic E-state index is 13.1. The van der Waals surface area contributed by atoms with Gasteiger partial charge >= 0.3 is 6.18 Å². The van der Waals surface area contributed by atoms with Crippen LogP contribution in [-0.4, -0.2) is 15.7 Å². The first-order chi connectivity index (χ1) is 12.7. The average molecular weight is 398 g/mol. The minimum atomic E-state index is -4.54. The second-order valence-electron chi connectivity index (χ2n) is 5.67. The molecule has 0 radical (unpaired) electrons.